The number of rotatable bonds is 5. The van der Waals surface area contributed by atoms with Crippen LogP contribution in [0.1, 0.15) is 19.8 Å². The van der Waals surface area contributed by atoms with Gasteiger partial charge in [-0.15, -0.1) is 0 Å². The Kier molecular flexibility index (Phi) is 4.72. The third-order valence-electron chi connectivity index (χ3n) is 2.32. The van der Waals surface area contributed by atoms with Crippen molar-refractivity contribution < 1.29 is 5.11 Å². The summed E-state index contributed by atoms with van der Waals surface area (Å²) in [6.45, 7) is 2.25. The van der Waals surface area contributed by atoms with E-state index in [1.807, 2.05) is 6.07 Å². The van der Waals surface area contributed by atoms with Crippen LogP contribution >= 0.6 is 11.6 Å². The maximum absolute atomic E-state index is 8.87. The van der Waals surface area contributed by atoms with Crippen molar-refractivity contribution in [3.63, 3.8) is 0 Å². The summed E-state index contributed by atoms with van der Waals surface area (Å²) >= 11 is 6.03. The minimum Gasteiger partial charge on any atom is -0.399 e. The van der Waals surface area contributed by atoms with E-state index in [4.69, 9.17) is 22.4 Å². The number of aliphatic hydroxyl groups excluding tert-OH is 1. The average molecular weight is 229 g/mol. The maximum Gasteiger partial charge on any atom is 0.0658 e. The molecule has 15 heavy (non-hydrogen) atoms. The lowest BCUT2D eigenvalue weighted by Crippen LogP contribution is -2.19. The van der Waals surface area contributed by atoms with Gasteiger partial charge in [-0.25, -0.2) is 0 Å². The Morgan fingerprint density at radius 3 is 2.80 bits per heavy atom. The second-order valence-electron chi connectivity index (χ2n) is 3.50. The average Bonchev–Trinajstić information content (AvgIpc) is 2.21. The second-order valence-corrected chi connectivity index (χ2v) is 3.91. The molecule has 0 radical (unpaired) electrons. The summed E-state index contributed by atoms with van der Waals surface area (Å²) in [6, 6.07) is 5.63. The van der Waals surface area contributed by atoms with E-state index in [-0.39, 0.29) is 12.6 Å². The maximum atomic E-state index is 8.87. The molecule has 84 valence electrons. The fourth-order valence-corrected chi connectivity index (χ4v) is 1.65. The molecule has 0 fully saturated rings. The van der Waals surface area contributed by atoms with E-state index >= 15 is 0 Å². The van der Waals surface area contributed by atoms with Crippen molar-refractivity contribution in [2.75, 3.05) is 17.7 Å². The van der Waals surface area contributed by atoms with Crippen LogP contribution in [0.4, 0.5) is 11.4 Å². The zero-order valence-electron chi connectivity index (χ0n) is 8.83. The molecule has 0 saturated heterocycles. The summed E-state index contributed by atoms with van der Waals surface area (Å²) in [5, 5.41) is 12.8. The molecular weight excluding hydrogens is 212 g/mol. The Morgan fingerprint density at radius 2 is 2.27 bits per heavy atom. The number of nitrogens with two attached hydrogens (primary N) is 1. The summed E-state index contributed by atoms with van der Waals surface area (Å²) < 4.78 is 0. The van der Waals surface area contributed by atoms with Gasteiger partial charge >= 0.3 is 0 Å². The summed E-state index contributed by atoms with van der Waals surface area (Å²) in [7, 11) is 0. The smallest absolute Gasteiger partial charge is 0.0658 e. The number of nitrogens with one attached hydrogen (secondary N) is 1. The van der Waals surface area contributed by atoms with Crippen LogP contribution in [0, 0.1) is 0 Å². The summed E-state index contributed by atoms with van der Waals surface area (Å²) in [5.41, 5.74) is 7.12. The molecule has 0 aliphatic heterocycles. The van der Waals surface area contributed by atoms with Crippen molar-refractivity contribution in [3.8, 4) is 0 Å². The highest BCUT2D eigenvalue weighted by molar-refractivity contribution is 6.33. The third kappa shape index (κ3) is 3.61. The zero-order valence-corrected chi connectivity index (χ0v) is 9.59. The van der Waals surface area contributed by atoms with E-state index in [0.717, 1.165) is 18.5 Å². The SMILES string of the molecule is CCC(CCO)Nc1ccc(N)cc1Cl. The Labute approximate surface area is 95.2 Å². The first kappa shape index (κ1) is 12.1. The van der Waals surface area contributed by atoms with E-state index in [2.05, 4.69) is 12.2 Å². The van der Waals surface area contributed by atoms with Crippen LogP contribution in [0.5, 0.6) is 0 Å². The molecule has 1 rings (SSSR count). The highest BCUT2D eigenvalue weighted by Crippen LogP contribution is 2.25. The van der Waals surface area contributed by atoms with Gasteiger partial charge in [0.05, 0.1) is 10.7 Å². The zero-order chi connectivity index (χ0) is 11.3. The molecule has 0 spiro atoms. The number of nitrogen functional groups attached to an aromatic ring is 1. The fraction of sp³-hybridized carbons (Fsp3) is 0.455. The van der Waals surface area contributed by atoms with Crippen molar-refractivity contribution in [2.24, 2.45) is 0 Å². The Hall–Kier alpha value is -0.930. The lowest BCUT2D eigenvalue weighted by molar-refractivity contribution is 0.278. The van der Waals surface area contributed by atoms with Crippen LogP contribution in [-0.2, 0) is 0 Å². The first-order chi connectivity index (χ1) is 7.17. The summed E-state index contributed by atoms with van der Waals surface area (Å²) in [4.78, 5) is 0. The van der Waals surface area contributed by atoms with Crippen molar-refractivity contribution >= 4 is 23.0 Å². The first-order valence-corrected chi connectivity index (χ1v) is 5.47. The molecule has 1 aromatic rings. The number of halogens is 1. The topological polar surface area (TPSA) is 58.3 Å². The predicted molar refractivity (Wildman–Crippen MR) is 65.3 cm³/mol. The molecule has 4 N–H and O–H groups in total. The third-order valence-corrected chi connectivity index (χ3v) is 2.64. The van der Waals surface area contributed by atoms with E-state index in [0.29, 0.717) is 10.7 Å². The van der Waals surface area contributed by atoms with Crippen LogP contribution in [0.3, 0.4) is 0 Å². The molecule has 0 saturated carbocycles. The molecule has 4 heteroatoms. The molecule has 1 atom stereocenters. The molecule has 0 aromatic heterocycles. The minimum absolute atomic E-state index is 0.179. The molecule has 3 nitrogen and oxygen atoms in total. The Balaban J connectivity index is 2.70. The van der Waals surface area contributed by atoms with E-state index < -0.39 is 0 Å². The van der Waals surface area contributed by atoms with Crippen LogP contribution in [0.15, 0.2) is 18.2 Å². The molecular formula is C11H17ClN2O. The van der Waals surface area contributed by atoms with Crippen molar-refractivity contribution in [3.05, 3.63) is 23.2 Å². The molecule has 0 amide bonds. The molecule has 0 aliphatic carbocycles. The molecule has 1 aromatic carbocycles. The van der Waals surface area contributed by atoms with Gasteiger partial charge in [0.1, 0.15) is 0 Å². The lowest BCUT2D eigenvalue weighted by Gasteiger charge is -2.18. The van der Waals surface area contributed by atoms with E-state index in [1.54, 1.807) is 12.1 Å². The number of aliphatic hydroxyl groups is 1. The van der Waals surface area contributed by atoms with Gasteiger partial charge in [-0.3, -0.25) is 0 Å². The van der Waals surface area contributed by atoms with E-state index in [9.17, 15) is 0 Å². The van der Waals surface area contributed by atoms with Crippen LogP contribution in [0.25, 0.3) is 0 Å². The Bertz CT molecular complexity index is 317. The lowest BCUT2D eigenvalue weighted by atomic mass is 10.1. The van der Waals surface area contributed by atoms with Crippen molar-refractivity contribution in [1.29, 1.82) is 0 Å². The quantitative estimate of drug-likeness (QED) is 0.679. The fourth-order valence-electron chi connectivity index (χ4n) is 1.40. The summed E-state index contributed by atoms with van der Waals surface area (Å²) in [5.74, 6) is 0. The number of anilines is 2. The molecule has 0 aliphatic rings. The number of hydrogen-bond acceptors (Lipinski definition) is 3. The van der Waals surface area contributed by atoms with Gasteiger partial charge in [0, 0.05) is 18.3 Å². The summed E-state index contributed by atoms with van der Waals surface area (Å²) in [6.07, 6.45) is 1.67. The van der Waals surface area contributed by atoms with Gasteiger partial charge in [-0.2, -0.15) is 0 Å². The normalized spacial score (nSPS) is 12.5. The van der Waals surface area contributed by atoms with E-state index in [1.165, 1.54) is 0 Å². The second kappa shape index (κ2) is 5.83. The monoisotopic (exact) mass is 228 g/mol. The van der Waals surface area contributed by atoms with Crippen LogP contribution in [-0.4, -0.2) is 17.8 Å². The van der Waals surface area contributed by atoms with Crippen LogP contribution in [0.2, 0.25) is 5.02 Å². The highest BCUT2D eigenvalue weighted by Gasteiger charge is 2.07. The van der Waals surface area contributed by atoms with Gasteiger partial charge < -0.3 is 16.2 Å². The minimum atomic E-state index is 0.179. The highest BCUT2D eigenvalue weighted by atomic mass is 35.5. The molecule has 0 heterocycles. The van der Waals surface area contributed by atoms with Crippen molar-refractivity contribution in [1.82, 2.24) is 0 Å². The number of hydrogen-bond donors (Lipinski definition) is 3. The van der Waals surface area contributed by atoms with Gasteiger partial charge in [0.2, 0.25) is 0 Å². The largest absolute Gasteiger partial charge is 0.399 e. The molecule has 0 bridgehead atoms. The van der Waals surface area contributed by atoms with Crippen LogP contribution < -0.4 is 11.1 Å². The predicted octanol–water partition coefficient (Wildman–Crippen LogP) is 2.50. The molecule has 1 unspecified atom stereocenters. The Morgan fingerprint density at radius 1 is 1.53 bits per heavy atom. The van der Waals surface area contributed by atoms with Crippen molar-refractivity contribution in [2.45, 2.75) is 25.8 Å². The standard InChI is InChI=1S/C11H17ClN2O/c1-2-9(5-6-15)14-11-4-3-8(13)7-10(11)12/h3-4,7,9,14-15H,2,5-6,13H2,1H3. The number of benzene rings is 1. The van der Waals surface area contributed by atoms with Gasteiger partial charge in [0.15, 0.2) is 0 Å². The van der Waals surface area contributed by atoms with Gasteiger partial charge in [-0.1, -0.05) is 18.5 Å². The van der Waals surface area contributed by atoms with Gasteiger partial charge in [0.25, 0.3) is 0 Å². The first-order valence-electron chi connectivity index (χ1n) is 5.09. The van der Waals surface area contributed by atoms with Gasteiger partial charge in [-0.05, 0) is 31.0 Å².